The Balaban J connectivity index is 1.80. The largest absolute Gasteiger partial charge is 0.545 e. The Morgan fingerprint density at radius 1 is 0.621 bits per heavy atom. The number of amides is 1. The second-order valence-corrected chi connectivity index (χ2v) is 6.06. The average molecular weight is 387 g/mol. The zero-order chi connectivity index (χ0) is 21.0. The normalized spacial score (nSPS) is 10.2. The molecule has 0 unspecified atom stereocenters. The monoisotopic (exact) mass is 387 g/mol. The predicted octanol–water partition coefficient (Wildman–Crippen LogP) is 0.897. The van der Waals surface area contributed by atoms with Gasteiger partial charge >= 0.3 is 0 Å². The van der Waals surface area contributed by atoms with Crippen LogP contribution < -0.4 is 15.5 Å². The maximum Gasteiger partial charge on any atom is 0.255 e. The van der Waals surface area contributed by atoms with Gasteiger partial charge in [0, 0.05) is 33.5 Å². The summed E-state index contributed by atoms with van der Waals surface area (Å²) >= 11 is 0. The van der Waals surface area contributed by atoms with Crippen molar-refractivity contribution in [2.24, 2.45) is 0 Å². The summed E-state index contributed by atoms with van der Waals surface area (Å²) in [5.74, 6) is -4.22. The molecule has 7 nitrogen and oxygen atoms in total. The molecule has 7 heteroatoms. The third-order valence-corrected chi connectivity index (χ3v) is 4.16. The van der Waals surface area contributed by atoms with Crippen LogP contribution in [0.4, 0.5) is 5.69 Å². The number of hydrogen-bond donors (Lipinski definition) is 1. The molecular formula is C22H13NO6-2. The first-order valence-corrected chi connectivity index (χ1v) is 8.44. The fourth-order valence-corrected chi connectivity index (χ4v) is 2.70. The third-order valence-electron chi connectivity index (χ3n) is 4.16. The fourth-order valence-electron chi connectivity index (χ4n) is 2.70. The minimum atomic E-state index is -1.72. The topological polar surface area (TPSA) is 126 Å². The van der Waals surface area contributed by atoms with Crippen molar-refractivity contribution in [3.8, 4) is 0 Å². The summed E-state index contributed by atoms with van der Waals surface area (Å²) in [6.45, 7) is 0. The molecule has 1 N–H and O–H groups in total. The highest BCUT2D eigenvalue weighted by molar-refractivity contribution is 6.11. The smallest absolute Gasteiger partial charge is 0.255 e. The van der Waals surface area contributed by atoms with Crippen molar-refractivity contribution in [1.29, 1.82) is 0 Å². The molecule has 3 aromatic carbocycles. The van der Waals surface area contributed by atoms with Crippen LogP contribution in [-0.2, 0) is 0 Å². The van der Waals surface area contributed by atoms with Gasteiger partial charge in [-0.15, -0.1) is 0 Å². The molecule has 0 bridgehead atoms. The van der Waals surface area contributed by atoms with Crippen molar-refractivity contribution >= 4 is 29.3 Å². The molecule has 0 atom stereocenters. The summed E-state index contributed by atoms with van der Waals surface area (Å²) < 4.78 is 0. The third kappa shape index (κ3) is 4.36. The zero-order valence-corrected chi connectivity index (χ0v) is 14.9. The predicted molar refractivity (Wildman–Crippen MR) is 99.4 cm³/mol. The van der Waals surface area contributed by atoms with Gasteiger partial charge in [0.1, 0.15) is 0 Å². The van der Waals surface area contributed by atoms with Crippen LogP contribution in [0.2, 0.25) is 0 Å². The molecule has 3 aromatic rings. The Hall–Kier alpha value is -4.26. The highest BCUT2D eigenvalue weighted by Crippen LogP contribution is 2.18. The molecule has 0 aliphatic rings. The van der Waals surface area contributed by atoms with Crippen LogP contribution in [0.15, 0.2) is 72.8 Å². The molecule has 29 heavy (non-hydrogen) atoms. The van der Waals surface area contributed by atoms with Crippen LogP contribution in [0.3, 0.4) is 0 Å². The number of carboxylic acid groups (broad SMARTS) is 2. The molecule has 0 spiro atoms. The van der Waals surface area contributed by atoms with Crippen LogP contribution >= 0.6 is 0 Å². The molecule has 0 fully saturated rings. The average Bonchev–Trinajstić information content (AvgIpc) is 2.73. The molecule has 144 valence electrons. The summed E-state index contributed by atoms with van der Waals surface area (Å²) in [6, 6.07) is 17.7. The van der Waals surface area contributed by atoms with E-state index >= 15 is 0 Å². The van der Waals surface area contributed by atoms with Crippen LogP contribution in [0.5, 0.6) is 0 Å². The Kier molecular flexibility index (Phi) is 5.50. The summed E-state index contributed by atoms with van der Waals surface area (Å²) in [5, 5.41) is 24.8. The number of anilines is 1. The molecule has 0 heterocycles. The van der Waals surface area contributed by atoms with Gasteiger partial charge in [-0.3, -0.25) is 9.59 Å². The van der Waals surface area contributed by atoms with E-state index in [9.17, 15) is 29.4 Å². The number of carbonyl (C=O) groups is 4. The first-order chi connectivity index (χ1) is 13.9. The van der Waals surface area contributed by atoms with E-state index in [0.717, 1.165) is 12.1 Å². The molecule has 0 radical (unpaired) electrons. The minimum absolute atomic E-state index is 0.0183. The second kappa shape index (κ2) is 8.18. The number of benzene rings is 3. The van der Waals surface area contributed by atoms with Crippen LogP contribution in [-0.4, -0.2) is 23.6 Å². The van der Waals surface area contributed by atoms with Gasteiger partial charge in [-0.1, -0.05) is 30.3 Å². The van der Waals surface area contributed by atoms with Gasteiger partial charge in [0.2, 0.25) is 0 Å². The zero-order valence-electron chi connectivity index (χ0n) is 14.9. The SMILES string of the molecule is O=C(Nc1ccc(C(=O)c2ccc(C(=O)[O-])c(C(=O)[O-])c2)cc1)c1ccccc1. The quantitative estimate of drug-likeness (QED) is 0.626. The lowest BCUT2D eigenvalue weighted by molar-refractivity contribution is -0.259. The second-order valence-electron chi connectivity index (χ2n) is 6.06. The Labute approximate surface area is 165 Å². The standard InChI is InChI=1S/C22H15NO6/c24-19(15-8-11-17(21(26)27)18(12-15)22(28)29)13-6-9-16(10-7-13)23-20(25)14-4-2-1-3-5-14/h1-12H,(H,23,25)(H,26,27)(H,28,29)/p-2. The van der Waals surface area contributed by atoms with E-state index in [1.165, 1.54) is 30.3 Å². The van der Waals surface area contributed by atoms with Crippen molar-refractivity contribution in [2.45, 2.75) is 0 Å². The van der Waals surface area contributed by atoms with Crippen LogP contribution in [0.1, 0.15) is 47.0 Å². The van der Waals surface area contributed by atoms with Crippen molar-refractivity contribution in [3.05, 3.63) is 101 Å². The van der Waals surface area contributed by atoms with E-state index in [-0.39, 0.29) is 17.0 Å². The molecule has 0 aliphatic heterocycles. The van der Waals surface area contributed by atoms with Gasteiger partial charge in [-0.2, -0.15) is 0 Å². The van der Waals surface area contributed by atoms with Gasteiger partial charge in [-0.05, 0) is 42.5 Å². The Morgan fingerprint density at radius 2 is 1.21 bits per heavy atom. The lowest BCUT2D eigenvalue weighted by Crippen LogP contribution is -2.30. The van der Waals surface area contributed by atoms with E-state index in [1.807, 2.05) is 0 Å². The number of rotatable bonds is 6. The van der Waals surface area contributed by atoms with E-state index in [0.29, 0.717) is 11.3 Å². The first-order valence-electron chi connectivity index (χ1n) is 8.44. The summed E-state index contributed by atoms with van der Waals surface area (Å²) in [4.78, 5) is 46.9. The maximum absolute atomic E-state index is 12.6. The lowest BCUT2D eigenvalue weighted by atomic mass is 9.98. The van der Waals surface area contributed by atoms with E-state index in [4.69, 9.17) is 0 Å². The molecule has 0 saturated heterocycles. The van der Waals surface area contributed by atoms with E-state index in [1.54, 1.807) is 30.3 Å². The number of ketones is 1. The van der Waals surface area contributed by atoms with E-state index < -0.39 is 28.8 Å². The van der Waals surface area contributed by atoms with Gasteiger partial charge < -0.3 is 25.1 Å². The summed E-state index contributed by atoms with van der Waals surface area (Å²) in [7, 11) is 0. The molecule has 0 aromatic heterocycles. The van der Waals surface area contributed by atoms with Crippen molar-refractivity contribution < 1.29 is 29.4 Å². The summed E-state index contributed by atoms with van der Waals surface area (Å²) in [5.41, 5.74) is -0.0415. The molecular weight excluding hydrogens is 374 g/mol. The number of carboxylic acids is 2. The lowest BCUT2D eigenvalue weighted by Gasteiger charge is -2.13. The number of carbonyl (C=O) groups excluding carboxylic acids is 4. The fraction of sp³-hybridized carbons (Fsp3) is 0. The van der Waals surface area contributed by atoms with Crippen molar-refractivity contribution in [1.82, 2.24) is 0 Å². The number of nitrogens with one attached hydrogen (secondary N) is 1. The molecule has 0 saturated carbocycles. The molecule has 1 amide bonds. The maximum atomic E-state index is 12.6. The van der Waals surface area contributed by atoms with Crippen LogP contribution in [0.25, 0.3) is 0 Å². The minimum Gasteiger partial charge on any atom is -0.545 e. The van der Waals surface area contributed by atoms with Gasteiger partial charge in [0.25, 0.3) is 5.91 Å². The molecule has 3 rings (SSSR count). The van der Waals surface area contributed by atoms with Gasteiger partial charge in [-0.25, -0.2) is 0 Å². The Morgan fingerprint density at radius 3 is 1.79 bits per heavy atom. The first kappa shape index (κ1) is 19.5. The number of hydrogen-bond acceptors (Lipinski definition) is 6. The van der Waals surface area contributed by atoms with E-state index in [2.05, 4.69) is 5.32 Å². The highest BCUT2D eigenvalue weighted by atomic mass is 16.4. The van der Waals surface area contributed by atoms with Crippen molar-refractivity contribution in [3.63, 3.8) is 0 Å². The highest BCUT2D eigenvalue weighted by Gasteiger charge is 2.14. The molecule has 0 aliphatic carbocycles. The summed E-state index contributed by atoms with van der Waals surface area (Å²) in [6.07, 6.45) is 0. The Bertz CT molecular complexity index is 1100. The van der Waals surface area contributed by atoms with Crippen LogP contribution in [0, 0.1) is 0 Å². The van der Waals surface area contributed by atoms with Crippen molar-refractivity contribution in [2.75, 3.05) is 5.32 Å². The number of aromatic carboxylic acids is 2. The van der Waals surface area contributed by atoms with Gasteiger partial charge in [0.15, 0.2) is 5.78 Å². The van der Waals surface area contributed by atoms with Gasteiger partial charge in [0.05, 0.1) is 11.9 Å².